The van der Waals surface area contributed by atoms with Gasteiger partial charge in [-0.2, -0.15) is 0 Å². The molecule has 0 aromatic carbocycles. The van der Waals surface area contributed by atoms with Gasteiger partial charge >= 0.3 is 0 Å². The second-order valence-corrected chi connectivity index (χ2v) is 2.69. The van der Waals surface area contributed by atoms with E-state index in [0.29, 0.717) is 6.54 Å². The largest absolute Gasteiger partial charge is 0.258 e. The van der Waals surface area contributed by atoms with Crippen molar-refractivity contribution in [3.63, 3.8) is 0 Å². The first kappa shape index (κ1) is 6.09. The predicted octanol–water partition coefficient (Wildman–Crippen LogP) is 1.85. The fourth-order valence-electron chi connectivity index (χ4n) is 1.50. The summed E-state index contributed by atoms with van der Waals surface area (Å²) in [6.07, 6.45) is 6.80. The van der Waals surface area contributed by atoms with E-state index in [4.69, 9.17) is 5.73 Å². The molecule has 1 nitrogen and oxygen atoms in total. The normalized spacial score (nSPS) is 22.1. The maximum absolute atomic E-state index is 6.97. The molecule has 1 saturated carbocycles. The van der Waals surface area contributed by atoms with E-state index in [1.165, 1.54) is 25.7 Å². The van der Waals surface area contributed by atoms with Crippen LogP contribution in [0.3, 0.4) is 0 Å². The average Bonchev–Trinajstić information content (AvgIpc) is 2.19. The molecule has 1 radical (unpaired) electrons. The molecule has 0 spiro atoms. The van der Waals surface area contributed by atoms with Crippen molar-refractivity contribution in [2.75, 3.05) is 6.54 Å². The monoisotopic (exact) mass is 112 g/mol. The zero-order chi connectivity index (χ0) is 5.82. The number of nitrogens with one attached hydrogen (secondary N) is 1. The van der Waals surface area contributed by atoms with Crippen molar-refractivity contribution in [2.24, 2.45) is 5.92 Å². The van der Waals surface area contributed by atoms with Crippen LogP contribution < -0.4 is 5.73 Å². The fraction of sp³-hybridized carbons (Fsp3) is 1.00. The second kappa shape index (κ2) is 3.08. The Hall–Kier alpha value is -0.0400. The minimum absolute atomic E-state index is 0.644. The molecule has 0 amide bonds. The van der Waals surface area contributed by atoms with Gasteiger partial charge in [-0.15, -0.1) is 0 Å². The van der Waals surface area contributed by atoms with Gasteiger partial charge in [0.1, 0.15) is 0 Å². The summed E-state index contributed by atoms with van der Waals surface area (Å²) in [7, 11) is 0. The van der Waals surface area contributed by atoms with Crippen LogP contribution in [-0.2, 0) is 0 Å². The molecule has 1 heteroatoms. The summed E-state index contributed by atoms with van der Waals surface area (Å²) in [5.74, 6) is 0.924. The van der Waals surface area contributed by atoms with Crippen molar-refractivity contribution in [1.29, 1.82) is 0 Å². The molecule has 1 fully saturated rings. The Kier molecular flexibility index (Phi) is 2.34. The molecule has 0 bridgehead atoms. The first-order chi connectivity index (χ1) is 3.93. The van der Waals surface area contributed by atoms with Crippen molar-refractivity contribution >= 4 is 0 Å². The SMILES string of the molecule is [NH]CCC1CCCC1. The number of hydrogen-bond acceptors (Lipinski definition) is 0. The minimum atomic E-state index is 0.644. The third-order valence-electron chi connectivity index (χ3n) is 2.03. The summed E-state index contributed by atoms with van der Waals surface area (Å²) >= 11 is 0. The van der Waals surface area contributed by atoms with E-state index >= 15 is 0 Å². The van der Waals surface area contributed by atoms with Crippen LogP contribution in [0, 0.1) is 5.92 Å². The van der Waals surface area contributed by atoms with Crippen LogP contribution >= 0.6 is 0 Å². The summed E-state index contributed by atoms with van der Waals surface area (Å²) in [4.78, 5) is 0. The zero-order valence-electron chi connectivity index (χ0n) is 5.32. The maximum Gasteiger partial charge on any atom is 0.0102 e. The Morgan fingerprint density at radius 3 is 2.38 bits per heavy atom. The van der Waals surface area contributed by atoms with Gasteiger partial charge in [0.05, 0.1) is 0 Å². The number of hydrogen-bond donors (Lipinski definition) is 0. The van der Waals surface area contributed by atoms with Crippen molar-refractivity contribution in [3.05, 3.63) is 0 Å². The lowest BCUT2D eigenvalue weighted by Crippen LogP contribution is -1.96. The van der Waals surface area contributed by atoms with Crippen LogP contribution in [-0.4, -0.2) is 6.54 Å². The Balaban J connectivity index is 2.06. The van der Waals surface area contributed by atoms with E-state index in [1.807, 2.05) is 0 Å². The quantitative estimate of drug-likeness (QED) is 0.520. The molecule has 0 atom stereocenters. The molecule has 1 aliphatic carbocycles. The molecule has 1 N–H and O–H groups in total. The van der Waals surface area contributed by atoms with Gasteiger partial charge in [-0.05, 0) is 12.3 Å². The highest BCUT2D eigenvalue weighted by atomic mass is 14.5. The lowest BCUT2D eigenvalue weighted by atomic mass is 10.1. The van der Waals surface area contributed by atoms with Gasteiger partial charge in [0.2, 0.25) is 0 Å². The fourth-order valence-corrected chi connectivity index (χ4v) is 1.50. The van der Waals surface area contributed by atoms with E-state index < -0.39 is 0 Å². The van der Waals surface area contributed by atoms with Crippen LogP contribution in [0.1, 0.15) is 32.1 Å². The molecular weight excluding hydrogens is 98.1 g/mol. The summed E-state index contributed by atoms with van der Waals surface area (Å²) in [6.45, 7) is 0.644. The van der Waals surface area contributed by atoms with Crippen molar-refractivity contribution in [2.45, 2.75) is 32.1 Å². The van der Waals surface area contributed by atoms with Crippen LogP contribution in [0.2, 0.25) is 0 Å². The molecule has 0 aliphatic heterocycles. The summed E-state index contributed by atoms with van der Waals surface area (Å²) < 4.78 is 0. The van der Waals surface area contributed by atoms with Gasteiger partial charge in [0.25, 0.3) is 0 Å². The second-order valence-electron chi connectivity index (χ2n) is 2.69. The van der Waals surface area contributed by atoms with E-state index in [2.05, 4.69) is 0 Å². The van der Waals surface area contributed by atoms with Crippen LogP contribution in [0.5, 0.6) is 0 Å². The summed E-state index contributed by atoms with van der Waals surface area (Å²) in [5.41, 5.74) is 6.97. The van der Waals surface area contributed by atoms with Crippen LogP contribution in [0.25, 0.3) is 0 Å². The molecule has 1 aliphatic rings. The third-order valence-corrected chi connectivity index (χ3v) is 2.03. The lowest BCUT2D eigenvalue weighted by molar-refractivity contribution is 0.508. The molecule has 0 unspecified atom stereocenters. The van der Waals surface area contributed by atoms with E-state index in [-0.39, 0.29) is 0 Å². The molecule has 0 saturated heterocycles. The molecule has 0 aromatic rings. The highest BCUT2D eigenvalue weighted by molar-refractivity contribution is 4.66. The first-order valence-electron chi connectivity index (χ1n) is 3.58. The van der Waals surface area contributed by atoms with Gasteiger partial charge < -0.3 is 0 Å². The lowest BCUT2D eigenvalue weighted by Gasteiger charge is -2.02. The van der Waals surface area contributed by atoms with Crippen molar-refractivity contribution in [1.82, 2.24) is 5.73 Å². The highest BCUT2D eigenvalue weighted by Gasteiger charge is 2.12. The molecular formula is C7H14N. The van der Waals surface area contributed by atoms with Crippen LogP contribution in [0.4, 0.5) is 0 Å². The smallest absolute Gasteiger partial charge is 0.0102 e. The van der Waals surface area contributed by atoms with Gasteiger partial charge in [-0.3, -0.25) is 5.73 Å². The minimum Gasteiger partial charge on any atom is -0.258 e. The molecule has 1 rings (SSSR count). The molecule has 8 heavy (non-hydrogen) atoms. The molecule has 0 heterocycles. The van der Waals surface area contributed by atoms with Crippen LogP contribution in [0.15, 0.2) is 0 Å². The average molecular weight is 112 g/mol. The Morgan fingerprint density at radius 2 is 1.88 bits per heavy atom. The zero-order valence-corrected chi connectivity index (χ0v) is 5.32. The van der Waals surface area contributed by atoms with E-state index in [1.54, 1.807) is 0 Å². The van der Waals surface area contributed by atoms with Gasteiger partial charge in [-0.1, -0.05) is 25.7 Å². The molecule has 47 valence electrons. The van der Waals surface area contributed by atoms with Gasteiger partial charge in [0.15, 0.2) is 0 Å². The standard InChI is InChI=1S/C7H14N/c8-6-5-7-3-1-2-4-7/h7-8H,1-6H2. The van der Waals surface area contributed by atoms with Gasteiger partial charge in [-0.25, -0.2) is 0 Å². The Labute approximate surface area is 51.3 Å². The van der Waals surface area contributed by atoms with E-state index in [9.17, 15) is 0 Å². The van der Waals surface area contributed by atoms with Crippen molar-refractivity contribution < 1.29 is 0 Å². The predicted molar refractivity (Wildman–Crippen MR) is 34.5 cm³/mol. The summed E-state index contributed by atoms with van der Waals surface area (Å²) in [5, 5.41) is 0. The maximum atomic E-state index is 6.97. The van der Waals surface area contributed by atoms with E-state index in [0.717, 1.165) is 12.3 Å². The third kappa shape index (κ3) is 1.48. The van der Waals surface area contributed by atoms with Crippen molar-refractivity contribution in [3.8, 4) is 0 Å². The highest BCUT2D eigenvalue weighted by Crippen LogP contribution is 2.26. The first-order valence-corrected chi connectivity index (χ1v) is 3.58. The molecule has 0 aromatic heterocycles. The Morgan fingerprint density at radius 1 is 1.25 bits per heavy atom. The topological polar surface area (TPSA) is 23.8 Å². The Bertz CT molecular complexity index is 55.4. The van der Waals surface area contributed by atoms with Gasteiger partial charge in [0, 0.05) is 6.54 Å². The summed E-state index contributed by atoms with van der Waals surface area (Å²) in [6, 6.07) is 0. The number of rotatable bonds is 2.